The molecule has 0 aliphatic carbocycles. The number of hydrogen-bond donors (Lipinski definition) is 0. The van der Waals surface area contributed by atoms with Crippen LogP contribution in [-0.4, -0.2) is 5.60 Å². The van der Waals surface area contributed by atoms with Crippen LogP contribution in [0.3, 0.4) is 0 Å². The zero-order valence-electron chi connectivity index (χ0n) is 8.79. The number of ether oxygens (including phenoxy) is 1. The van der Waals surface area contributed by atoms with Crippen LogP contribution in [-0.2, 0) is 0 Å². The molecule has 0 unspecified atom stereocenters. The third kappa shape index (κ3) is 2.77. The summed E-state index contributed by atoms with van der Waals surface area (Å²) >= 11 is 0. The Labute approximate surface area is 85.1 Å². The van der Waals surface area contributed by atoms with Gasteiger partial charge in [0.2, 0.25) is 0 Å². The van der Waals surface area contributed by atoms with E-state index in [1.807, 2.05) is 20.8 Å². The standard InChI is InChI=1S/C12H14NO/c1-9-7-10(8-13)5-6-11(9)14-12(2,3)4/h5-7H,1H2,2-4H3. The molecule has 0 spiro atoms. The molecule has 0 aromatic heterocycles. The van der Waals surface area contributed by atoms with E-state index in [9.17, 15) is 0 Å². The molecule has 0 amide bonds. The van der Waals surface area contributed by atoms with Crippen LogP contribution in [0.2, 0.25) is 0 Å². The Bertz CT molecular complexity index is 369. The Hall–Kier alpha value is -1.49. The predicted molar refractivity (Wildman–Crippen MR) is 56.0 cm³/mol. The summed E-state index contributed by atoms with van der Waals surface area (Å²) in [5.74, 6) is 0.733. The fourth-order valence-corrected chi connectivity index (χ4v) is 1.08. The SMILES string of the molecule is [CH2]c1cc(C#N)ccc1OC(C)(C)C. The van der Waals surface area contributed by atoms with Crippen molar-refractivity contribution in [2.24, 2.45) is 0 Å². The molecular weight excluding hydrogens is 174 g/mol. The Morgan fingerprint density at radius 2 is 2.00 bits per heavy atom. The second-order valence-electron chi connectivity index (χ2n) is 4.15. The molecule has 2 nitrogen and oxygen atoms in total. The first-order chi connectivity index (χ1) is 6.42. The van der Waals surface area contributed by atoms with Crippen LogP contribution in [0.15, 0.2) is 18.2 Å². The summed E-state index contributed by atoms with van der Waals surface area (Å²) in [7, 11) is 0. The minimum Gasteiger partial charge on any atom is -0.488 e. The molecule has 1 radical (unpaired) electrons. The van der Waals surface area contributed by atoms with Gasteiger partial charge in [-0.3, -0.25) is 0 Å². The van der Waals surface area contributed by atoms with Gasteiger partial charge in [-0.2, -0.15) is 5.26 Å². The summed E-state index contributed by atoms with van der Waals surface area (Å²) in [5, 5.41) is 8.67. The highest BCUT2D eigenvalue weighted by Crippen LogP contribution is 2.23. The van der Waals surface area contributed by atoms with Gasteiger partial charge >= 0.3 is 0 Å². The molecule has 14 heavy (non-hydrogen) atoms. The van der Waals surface area contributed by atoms with Crippen molar-refractivity contribution >= 4 is 0 Å². The molecule has 73 valence electrons. The summed E-state index contributed by atoms with van der Waals surface area (Å²) in [6, 6.07) is 7.30. The van der Waals surface area contributed by atoms with E-state index < -0.39 is 0 Å². The van der Waals surface area contributed by atoms with E-state index in [-0.39, 0.29) is 5.60 Å². The fraction of sp³-hybridized carbons (Fsp3) is 0.333. The van der Waals surface area contributed by atoms with E-state index in [4.69, 9.17) is 10.00 Å². The maximum atomic E-state index is 8.67. The summed E-state index contributed by atoms with van der Waals surface area (Å²) in [6.07, 6.45) is 0. The molecule has 0 saturated heterocycles. The van der Waals surface area contributed by atoms with Crippen molar-refractivity contribution < 1.29 is 4.74 Å². The third-order valence-electron chi connectivity index (χ3n) is 1.61. The largest absolute Gasteiger partial charge is 0.488 e. The first-order valence-corrected chi connectivity index (χ1v) is 4.47. The van der Waals surface area contributed by atoms with Gasteiger partial charge in [0.25, 0.3) is 0 Å². The van der Waals surface area contributed by atoms with E-state index in [0.717, 1.165) is 11.3 Å². The second kappa shape index (κ2) is 3.71. The van der Waals surface area contributed by atoms with E-state index in [1.54, 1.807) is 18.2 Å². The van der Waals surface area contributed by atoms with Gasteiger partial charge in [-0.25, -0.2) is 0 Å². The van der Waals surface area contributed by atoms with Crippen LogP contribution in [0.5, 0.6) is 5.75 Å². The molecular formula is C12H14NO. The lowest BCUT2D eigenvalue weighted by atomic mass is 10.1. The van der Waals surface area contributed by atoms with Gasteiger partial charge in [0.05, 0.1) is 11.6 Å². The predicted octanol–water partition coefficient (Wildman–Crippen LogP) is 2.92. The number of nitriles is 1. The molecule has 0 heterocycles. The number of rotatable bonds is 1. The van der Waals surface area contributed by atoms with E-state index in [1.165, 1.54) is 0 Å². The van der Waals surface area contributed by atoms with E-state index in [2.05, 4.69) is 13.0 Å². The van der Waals surface area contributed by atoms with Crippen molar-refractivity contribution in [3.05, 3.63) is 36.2 Å². The van der Waals surface area contributed by atoms with Crippen LogP contribution >= 0.6 is 0 Å². The smallest absolute Gasteiger partial charge is 0.123 e. The molecule has 0 N–H and O–H groups in total. The minimum atomic E-state index is -0.236. The van der Waals surface area contributed by atoms with Crippen LogP contribution in [0.4, 0.5) is 0 Å². The Morgan fingerprint density at radius 1 is 1.36 bits per heavy atom. The van der Waals surface area contributed by atoms with Gasteiger partial charge in [-0.15, -0.1) is 0 Å². The highest BCUT2D eigenvalue weighted by Gasteiger charge is 2.13. The molecule has 1 aromatic rings. The van der Waals surface area contributed by atoms with Gasteiger partial charge in [-0.1, -0.05) is 0 Å². The quantitative estimate of drug-likeness (QED) is 0.678. The van der Waals surface area contributed by atoms with E-state index in [0.29, 0.717) is 5.56 Å². The summed E-state index contributed by atoms with van der Waals surface area (Å²) in [4.78, 5) is 0. The number of benzene rings is 1. The molecule has 0 fully saturated rings. The highest BCUT2D eigenvalue weighted by atomic mass is 16.5. The Balaban J connectivity index is 2.97. The fourth-order valence-electron chi connectivity index (χ4n) is 1.08. The van der Waals surface area contributed by atoms with Crippen LogP contribution in [0, 0.1) is 18.3 Å². The molecule has 1 aromatic carbocycles. The van der Waals surface area contributed by atoms with Gasteiger partial charge in [0.15, 0.2) is 0 Å². The Morgan fingerprint density at radius 3 is 2.43 bits per heavy atom. The lowest BCUT2D eigenvalue weighted by molar-refractivity contribution is 0.130. The lowest BCUT2D eigenvalue weighted by Crippen LogP contribution is -2.23. The molecule has 2 heteroatoms. The second-order valence-corrected chi connectivity index (χ2v) is 4.15. The number of hydrogen-bond acceptors (Lipinski definition) is 2. The number of nitrogens with zero attached hydrogens (tertiary/aromatic N) is 1. The van der Waals surface area contributed by atoms with Crippen molar-refractivity contribution in [1.82, 2.24) is 0 Å². The monoisotopic (exact) mass is 188 g/mol. The average molecular weight is 188 g/mol. The van der Waals surface area contributed by atoms with Gasteiger partial charge < -0.3 is 4.74 Å². The molecule has 0 atom stereocenters. The maximum Gasteiger partial charge on any atom is 0.123 e. The van der Waals surface area contributed by atoms with Crippen molar-refractivity contribution in [1.29, 1.82) is 5.26 Å². The highest BCUT2D eigenvalue weighted by molar-refractivity contribution is 5.43. The molecule has 0 aliphatic rings. The van der Waals surface area contributed by atoms with Gasteiger partial charge in [0.1, 0.15) is 11.4 Å². The zero-order chi connectivity index (χ0) is 10.8. The van der Waals surface area contributed by atoms with Crippen LogP contribution < -0.4 is 4.74 Å². The topological polar surface area (TPSA) is 33.0 Å². The van der Waals surface area contributed by atoms with E-state index >= 15 is 0 Å². The minimum absolute atomic E-state index is 0.236. The normalized spacial score (nSPS) is 10.8. The molecule has 0 saturated carbocycles. The van der Waals surface area contributed by atoms with Crippen molar-refractivity contribution in [2.45, 2.75) is 26.4 Å². The summed E-state index contributed by atoms with van der Waals surface area (Å²) in [6.45, 7) is 9.77. The first-order valence-electron chi connectivity index (χ1n) is 4.47. The van der Waals surface area contributed by atoms with Gasteiger partial charge in [-0.05, 0) is 51.5 Å². The third-order valence-corrected chi connectivity index (χ3v) is 1.61. The van der Waals surface area contributed by atoms with Crippen molar-refractivity contribution in [3.8, 4) is 11.8 Å². The summed E-state index contributed by atoms with van der Waals surface area (Å²) < 4.78 is 5.66. The molecule has 1 rings (SSSR count). The summed E-state index contributed by atoms with van der Waals surface area (Å²) in [5.41, 5.74) is 1.12. The van der Waals surface area contributed by atoms with Crippen LogP contribution in [0.1, 0.15) is 31.9 Å². The van der Waals surface area contributed by atoms with Crippen molar-refractivity contribution in [3.63, 3.8) is 0 Å². The van der Waals surface area contributed by atoms with Gasteiger partial charge in [0, 0.05) is 0 Å². The lowest BCUT2D eigenvalue weighted by Gasteiger charge is -2.22. The van der Waals surface area contributed by atoms with Crippen LogP contribution in [0.25, 0.3) is 0 Å². The Kier molecular flexibility index (Phi) is 2.81. The first kappa shape index (κ1) is 10.6. The van der Waals surface area contributed by atoms with Crippen molar-refractivity contribution in [2.75, 3.05) is 0 Å². The zero-order valence-corrected chi connectivity index (χ0v) is 8.79. The molecule has 0 aliphatic heterocycles. The average Bonchev–Trinajstić information content (AvgIpc) is 2.06. The molecule has 0 bridgehead atoms. The maximum absolute atomic E-state index is 8.67.